The molecule has 2 N–H and O–H groups in total. The fraction of sp³-hybridized carbons (Fsp3) is 0.250. The zero-order valence-electron chi connectivity index (χ0n) is 6.94. The maximum atomic E-state index is 13.1. The highest BCUT2D eigenvalue weighted by Gasteiger charge is 2.12. The molecule has 0 saturated carbocycles. The molecule has 0 bridgehead atoms. The predicted molar refractivity (Wildman–Crippen MR) is 45.1 cm³/mol. The Bertz CT molecular complexity index is 297. The molecule has 0 aliphatic heterocycles. The third-order valence-electron chi connectivity index (χ3n) is 1.54. The Labute approximate surface area is 69.6 Å². The lowest BCUT2D eigenvalue weighted by atomic mass is 10.2. The molecule has 66 valence electrons. The molecule has 0 amide bonds. The van der Waals surface area contributed by atoms with E-state index in [1.165, 1.54) is 11.0 Å². The summed E-state index contributed by atoms with van der Waals surface area (Å²) in [5.74, 6) is -1.31. The van der Waals surface area contributed by atoms with Crippen LogP contribution in [0.1, 0.15) is 0 Å². The number of nitrogens with two attached hydrogens (primary N) is 1. The van der Waals surface area contributed by atoms with Crippen LogP contribution in [0.2, 0.25) is 0 Å². The van der Waals surface area contributed by atoms with Gasteiger partial charge in [-0.15, -0.1) is 0 Å². The molecule has 0 unspecified atom stereocenters. The zero-order chi connectivity index (χ0) is 9.30. The molecule has 0 aliphatic carbocycles. The van der Waals surface area contributed by atoms with Crippen molar-refractivity contribution in [2.24, 2.45) is 0 Å². The van der Waals surface area contributed by atoms with Gasteiger partial charge in [0.2, 0.25) is 0 Å². The van der Waals surface area contributed by atoms with Gasteiger partial charge in [-0.3, -0.25) is 0 Å². The van der Waals surface area contributed by atoms with E-state index in [4.69, 9.17) is 5.73 Å². The first-order valence-corrected chi connectivity index (χ1v) is 3.45. The van der Waals surface area contributed by atoms with Crippen LogP contribution in [-0.4, -0.2) is 14.1 Å². The van der Waals surface area contributed by atoms with E-state index in [1.54, 1.807) is 14.1 Å². The summed E-state index contributed by atoms with van der Waals surface area (Å²) in [4.78, 5) is 1.35. The SMILES string of the molecule is CN(C)c1c(F)ccc(N)c1F. The lowest BCUT2D eigenvalue weighted by Gasteiger charge is -2.14. The molecule has 0 aliphatic rings. The molecule has 1 aromatic carbocycles. The molecule has 12 heavy (non-hydrogen) atoms. The summed E-state index contributed by atoms with van der Waals surface area (Å²) in [5.41, 5.74) is 5.12. The van der Waals surface area contributed by atoms with Gasteiger partial charge in [-0.1, -0.05) is 0 Å². The van der Waals surface area contributed by atoms with Crippen LogP contribution >= 0.6 is 0 Å². The number of anilines is 2. The van der Waals surface area contributed by atoms with Gasteiger partial charge in [-0.2, -0.15) is 0 Å². The predicted octanol–water partition coefficient (Wildman–Crippen LogP) is 1.61. The minimum Gasteiger partial charge on any atom is -0.396 e. The van der Waals surface area contributed by atoms with Crippen molar-refractivity contribution in [2.75, 3.05) is 24.7 Å². The van der Waals surface area contributed by atoms with Gasteiger partial charge in [0.15, 0.2) is 5.82 Å². The molecular weight excluding hydrogens is 162 g/mol. The Morgan fingerprint density at radius 3 is 2.25 bits per heavy atom. The van der Waals surface area contributed by atoms with Crippen molar-refractivity contribution in [2.45, 2.75) is 0 Å². The second kappa shape index (κ2) is 2.97. The Hall–Kier alpha value is -1.32. The van der Waals surface area contributed by atoms with E-state index in [9.17, 15) is 8.78 Å². The van der Waals surface area contributed by atoms with Crippen LogP contribution in [0, 0.1) is 11.6 Å². The van der Waals surface area contributed by atoms with Gasteiger partial charge in [0.05, 0.1) is 5.69 Å². The maximum Gasteiger partial charge on any atom is 0.172 e. The number of nitrogens with zero attached hydrogens (tertiary/aromatic N) is 1. The second-order valence-electron chi connectivity index (χ2n) is 2.69. The molecule has 4 heteroatoms. The molecule has 0 atom stereocenters. The number of hydrogen-bond acceptors (Lipinski definition) is 2. The summed E-state index contributed by atoms with van der Waals surface area (Å²) in [6, 6.07) is 2.35. The molecule has 0 aromatic heterocycles. The average molecular weight is 172 g/mol. The van der Waals surface area contributed by atoms with Crippen LogP contribution in [-0.2, 0) is 0 Å². The van der Waals surface area contributed by atoms with E-state index in [0.29, 0.717) is 0 Å². The quantitative estimate of drug-likeness (QED) is 0.652. The average Bonchev–Trinajstić information content (AvgIpc) is 1.97. The molecule has 0 heterocycles. The van der Waals surface area contributed by atoms with Crippen molar-refractivity contribution in [3.8, 4) is 0 Å². The minimum atomic E-state index is -0.708. The Balaban J connectivity index is 3.33. The van der Waals surface area contributed by atoms with Gasteiger partial charge >= 0.3 is 0 Å². The third kappa shape index (κ3) is 1.32. The number of hydrogen-bond donors (Lipinski definition) is 1. The highest BCUT2D eigenvalue weighted by molar-refractivity contribution is 5.58. The van der Waals surface area contributed by atoms with Gasteiger partial charge in [-0.05, 0) is 12.1 Å². The van der Waals surface area contributed by atoms with E-state index < -0.39 is 11.6 Å². The highest BCUT2D eigenvalue weighted by Crippen LogP contribution is 2.25. The Kier molecular flexibility index (Phi) is 2.17. The van der Waals surface area contributed by atoms with Crippen LogP contribution in [0.5, 0.6) is 0 Å². The monoisotopic (exact) mass is 172 g/mol. The largest absolute Gasteiger partial charge is 0.396 e. The van der Waals surface area contributed by atoms with E-state index in [-0.39, 0.29) is 11.4 Å². The normalized spacial score (nSPS) is 10.0. The summed E-state index contributed by atoms with van der Waals surface area (Å²) < 4.78 is 26.1. The van der Waals surface area contributed by atoms with Crippen LogP contribution in [0.3, 0.4) is 0 Å². The first-order valence-electron chi connectivity index (χ1n) is 3.45. The second-order valence-corrected chi connectivity index (χ2v) is 2.69. The van der Waals surface area contributed by atoms with Crippen molar-refractivity contribution in [1.29, 1.82) is 0 Å². The van der Waals surface area contributed by atoms with Crippen LogP contribution in [0.25, 0.3) is 0 Å². The topological polar surface area (TPSA) is 29.3 Å². The number of halogens is 2. The Morgan fingerprint density at radius 2 is 1.83 bits per heavy atom. The number of rotatable bonds is 1. The fourth-order valence-corrected chi connectivity index (χ4v) is 0.967. The number of nitrogen functional groups attached to an aromatic ring is 1. The molecule has 1 aromatic rings. The van der Waals surface area contributed by atoms with Gasteiger partial charge < -0.3 is 10.6 Å². The third-order valence-corrected chi connectivity index (χ3v) is 1.54. The summed E-state index contributed by atoms with van der Waals surface area (Å²) in [6.07, 6.45) is 0. The zero-order valence-corrected chi connectivity index (χ0v) is 6.94. The van der Waals surface area contributed by atoms with Crippen molar-refractivity contribution < 1.29 is 8.78 Å². The maximum absolute atomic E-state index is 13.1. The number of benzene rings is 1. The standard InChI is InChI=1S/C8H10F2N2/c1-12(2)8-5(9)3-4-6(11)7(8)10/h3-4H,11H2,1-2H3. The van der Waals surface area contributed by atoms with E-state index in [2.05, 4.69) is 0 Å². The van der Waals surface area contributed by atoms with Crippen LogP contribution in [0.15, 0.2) is 12.1 Å². The minimum absolute atomic E-state index is 0.0416. The molecule has 0 fully saturated rings. The van der Waals surface area contributed by atoms with E-state index in [0.717, 1.165) is 6.07 Å². The smallest absolute Gasteiger partial charge is 0.172 e. The summed E-state index contributed by atoms with van der Waals surface area (Å²) >= 11 is 0. The summed E-state index contributed by atoms with van der Waals surface area (Å²) in [7, 11) is 3.11. The first kappa shape index (κ1) is 8.77. The van der Waals surface area contributed by atoms with Crippen LogP contribution < -0.4 is 10.6 Å². The van der Waals surface area contributed by atoms with Crippen molar-refractivity contribution in [1.82, 2.24) is 0 Å². The summed E-state index contributed by atoms with van der Waals surface area (Å²) in [5, 5.41) is 0. The van der Waals surface area contributed by atoms with Gasteiger partial charge in [0, 0.05) is 14.1 Å². The highest BCUT2D eigenvalue weighted by atomic mass is 19.1. The van der Waals surface area contributed by atoms with Gasteiger partial charge in [0.25, 0.3) is 0 Å². The lowest BCUT2D eigenvalue weighted by Crippen LogP contribution is -2.13. The molecule has 0 saturated heterocycles. The van der Waals surface area contributed by atoms with Gasteiger partial charge in [0.1, 0.15) is 11.5 Å². The lowest BCUT2D eigenvalue weighted by molar-refractivity contribution is 0.585. The fourth-order valence-electron chi connectivity index (χ4n) is 0.967. The van der Waals surface area contributed by atoms with Crippen molar-refractivity contribution in [3.63, 3.8) is 0 Å². The van der Waals surface area contributed by atoms with E-state index >= 15 is 0 Å². The molecule has 0 radical (unpaired) electrons. The van der Waals surface area contributed by atoms with E-state index in [1.807, 2.05) is 0 Å². The summed E-state index contributed by atoms with van der Waals surface area (Å²) in [6.45, 7) is 0. The van der Waals surface area contributed by atoms with Gasteiger partial charge in [-0.25, -0.2) is 8.78 Å². The molecule has 2 nitrogen and oxygen atoms in total. The first-order chi connectivity index (χ1) is 5.54. The molecule has 0 spiro atoms. The van der Waals surface area contributed by atoms with Crippen molar-refractivity contribution in [3.05, 3.63) is 23.8 Å². The van der Waals surface area contributed by atoms with Crippen LogP contribution in [0.4, 0.5) is 20.2 Å². The molecule has 1 rings (SSSR count). The molecular formula is C8H10F2N2. The van der Waals surface area contributed by atoms with Crippen molar-refractivity contribution >= 4 is 11.4 Å². The Morgan fingerprint density at radius 1 is 1.25 bits per heavy atom.